The second-order valence-electron chi connectivity index (χ2n) is 2.14. The summed E-state index contributed by atoms with van der Waals surface area (Å²) in [5, 5.41) is 0. The Morgan fingerprint density at radius 1 is 0.643 bits per heavy atom. The topological polar surface area (TPSA) is 0 Å². The number of hydrogen-bond acceptors (Lipinski definition) is 0. The summed E-state index contributed by atoms with van der Waals surface area (Å²) >= 11 is -0.620. The number of halogens is 10. The first kappa shape index (κ1) is 14.9. The van der Waals surface area contributed by atoms with Gasteiger partial charge in [-0.3, -0.25) is 0 Å². The minimum atomic E-state index is -6.08. The first-order valence-electron chi connectivity index (χ1n) is 2.64. The van der Waals surface area contributed by atoms with Crippen LogP contribution in [0.5, 0.6) is 0 Å². The molecule has 0 aliphatic rings. The molecule has 0 saturated carbocycles. The Kier molecular flexibility index (Phi) is 3.97. The van der Waals surface area contributed by atoms with Gasteiger partial charge in [0.05, 0.1) is 0 Å². The maximum atomic E-state index is 12.5. The van der Waals surface area contributed by atoms with Gasteiger partial charge in [-0.2, -0.15) is 30.7 Å². The van der Waals surface area contributed by atoms with E-state index in [1.165, 1.54) is 0 Å². The molecule has 0 nitrogen and oxygen atoms in total. The fourth-order valence-corrected chi connectivity index (χ4v) is 1.58. The van der Waals surface area contributed by atoms with E-state index in [2.05, 4.69) is 0 Å². The van der Waals surface area contributed by atoms with Crippen LogP contribution in [0.1, 0.15) is 0 Å². The first-order chi connectivity index (χ1) is 5.75. The largest absolute Gasteiger partial charge is 0.438 e. The zero-order chi connectivity index (χ0) is 12.0. The zero-order valence-electron chi connectivity index (χ0n) is 5.78. The predicted octanol–water partition coefficient (Wildman–Crippen LogP) is 4.31. The molecule has 0 aromatic carbocycles. The van der Waals surface area contributed by atoms with E-state index < -0.39 is 19.7 Å². The van der Waals surface area contributed by atoms with Crippen molar-refractivity contribution >= 4 is 45.2 Å². The summed E-state index contributed by atoms with van der Waals surface area (Å²) in [6, 6.07) is 0. The van der Waals surface area contributed by atoms with Crippen LogP contribution in [0.3, 0.4) is 0 Å². The van der Waals surface area contributed by atoms with Gasteiger partial charge in [0.15, 0.2) is 0 Å². The zero-order valence-corrected chi connectivity index (χ0v) is 10.1. The molecule has 0 N–H and O–H groups in total. The third-order valence-corrected chi connectivity index (χ3v) is 3.07. The average molecular weight is 454 g/mol. The molecule has 0 aliphatic carbocycles. The van der Waals surface area contributed by atoms with Gasteiger partial charge < -0.3 is 0 Å². The normalized spacial score (nSPS) is 19.3. The van der Waals surface area contributed by atoms with Crippen LogP contribution in [-0.4, -0.2) is 19.7 Å². The third kappa shape index (κ3) is 2.35. The van der Waals surface area contributed by atoms with Crippen molar-refractivity contribution in [1.29, 1.82) is 0 Å². The minimum absolute atomic E-state index is 0.244. The lowest BCUT2D eigenvalue weighted by Crippen LogP contribution is -2.57. The van der Waals surface area contributed by atoms with Gasteiger partial charge in [0, 0.05) is 22.6 Å². The Hall–Kier alpha value is 0.900. The molecule has 1 atom stereocenters. The highest BCUT2D eigenvalue weighted by atomic mass is 127. The van der Waals surface area contributed by atoms with Gasteiger partial charge >= 0.3 is 19.7 Å². The summed E-state index contributed by atoms with van der Waals surface area (Å²) in [5.41, 5.74) is 0. The van der Waals surface area contributed by atoms with Crippen LogP contribution in [0.4, 0.5) is 35.1 Å². The quantitative estimate of drug-likeness (QED) is 0.332. The molecule has 86 valence electrons. The highest BCUT2D eigenvalue weighted by Gasteiger charge is 2.78. The molecule has 0 radical (unpaired) electrons. The number of rotatable bonds is 2. The summed E-state index contributed by atoms with van der Waals surface area (Å²) in [5.74, 6) is -5.83. The molecular formula is C4F8I2. The minimum Gasteiger partial charge on any atom is -0.215 e. The highest BCUT2D eigenvalue weighted by Crippen LogP contribution is 2.57. The van der Waals surface area contributed by atoms with E-state index in [1.54, 1.807) is 0 Å². The monoisotopic (exact) mass is 454 g/mol. The maximum absolute atomic E-state index is 12.5. The second kappa shape index (κ2) is 3.73. The van der Waals surface area contributed by atoms with Gasteiger partial charge in [-0.25, -0.2) is 4.39 Å². The molecule has 1 unspecified atom stereocenters. The highest BCUT2D eigenvalue weighted by molar-refractivity contribution is 14.1. The maximum Gasteiger partial charge on any atom is 0.438 e. The van der Waals surface area contributed by atoms with E-state index in [-0.39, 0.29) is 45.2 Å². The van der Waals surface area contributed by atoms with E-state index >= 15 is 0 Å². The summed E-state index contributed by atoms with van der Waals surface area (Å²) in [6.07, 6.45) is -6.08. The fraction of sp³-hybridized carbons (Fsp3) is 1.00. The molecular weight excluding hydrogens is 454 g/mol. The van der Waals surface area contributed by atoms with Gasteiger partial charge in [-0.15, -0.1) is 0 Å². The molecule has 0 spiro atoms. The smallest absolute Gasteiger partial charge is 0.215 e. The van der Waals surface area contributed by atoms with Crippen molar-refractivity contribution < 1.29 is 35.1 Å². The fourth-order valence-electron chi connectivity index (χ4n) is 0.356. The van der Waals surface area contributed by atoms with Crippen molar-refractivity contribution in [2.24, 2.45) is 0 Å². The second-order valence-corrected chi connectivity index (χ2v) is 4.99. The van der Waals surface area contributed by atoms with E-state index in [0.29, 0.717) is 0 Å². The van der Waals surface area contributed by atoms with Crippen molar-refractivity contribution in [3.63, 3.8) is 0 Å². The standard InChI is InChI=1S/C4F8I2/c5-1(6,4(11,12)14)2(7,13)3(8,9)10. The van der Waals surface area contributed by atoms with Crippen LogP contribution in [0, 0.1) is 0 Å². The number of alkyl halides is 10. The van der Waals surface area contributed by atoms with Crippen molar-refractivity contribution in [1.82, 2.24) is 0 Å². The first-order valence-corrected chi connectivity index (χ1v) is 4.80. The Labute approximate surface area is 99.7 Å². The van der Waals surface area contributed by atoms with Crippen LogP contribution in [-0.2, 0) is 0 Å². The van der Waals surface area contributed by atoms with Crippen LogP contribution < -0.4 is 0 Å². The van der Waals surface area contributed by atoms with Crippen molar-refractivity contribution in [3.8, 4) is 0 Å². The lowest BCUT2D eigenvalue weighted by Gasteiger charge is -2.32. The third-order valence-electron chi connectivity index (χ3n) is 1.11. The van der Waals surface area contributed by atoms with E-state index in [4.69, 9.17) is 0 Å². The lowest BCUT2D eigenvalue weighted by molar-refractivity contribution is -0.286. The summed E-state index contributed by atoms with van der Waals surface area (Å²) in [4.78, 5) is 0. The van der Waals surface area contributed by atoms with Crippen molar-refractivity contribution in [2.75, 3.05) is 0 Å². The van der Waals surface area contributed by atoms with Gasteiger partial charge in [0.1, 0.15) is 0 Å². The van der Waals surface area contributed by atoms with Gasteiger partial charge in [0.2, 0.25) is 0 Å². The molecule has 0 aliphatic heterocycles. The molecule has 0 heterocycles. The Morgan fingerprint density at radius 3 is 1.00 bits per heavy atom. The molecule has 0 saturated heterocycles. The molecule has 14 heavy (non-hydrogen) atoms. The Balaban J connectivity index is 5.30. The van der Waals surface area contributed by atoms with Crippen LogP contribution in [0.2, 0.25) is 0 Å². The summed E-state index contributed by atoms with van der Waals surface area (Å²) in [6.45, 7) is 0. The molecule has 0 bridgehead atoms. The number of hydrogen-bond donors (Lipinski definition) is 0. The molecule has 0 fully saturated rings. The molecule has 0 aromatic heterocycles. The van der Waals surface area contributed by atoms with Gasteiger partial charge in [-0.05, 0) is 22.6 Å². The van der Waals surface area contributed by atoms with Crippen molar-refractivity contribution in [2.45, 2.75) is 19.7 Å². The molecule has 10 heteroatoms. The SMILES string of the molecule is FC(F)(F)C(F)(I)C(F)(F)C(F)(F)I. The van der Waals surface area contributed by atoms with E-state index in [9.17, 15) is 35.1 Å². The van der Waals surface area contributed by atoms with Crippen LogP contribution in [0.25, 0.3) is 0 Å². The van der Waals surface area contributed by atoms with E-state index in [1.807, 2.05) is 0 Å². The summed E-state index contributed by atoms with van der Waals surface area (Å²) in [7, 11) is 0. The van der Waals surface area contributed by atoms with Crippen LogP contribution >= 0.6 is 45.2 Å². The average Bonchev–Trinajstić information content (AvgIpc) is 1.81. The Morgan fingerprint density at radius 2 is 0.929 bits per heavy atom. The predicted molar refractivity (Wildman–Crippen MR) is 47.8 cm³/mol. The van der Waals surface area contributed by atoms with Gasteiger partial charge in [0.25, 0.3) is 0 Å². The molecule has 0 aromatic rings. The van der Waals surface area contributed by atoms with Crippen LogP contribution in [0.15, 0.2) is 0 Å². The van der Waals surface area contributed by atoms with Crippen molar-refractivity contribution in [3.05, 3.63) is 0 Å². The molecule has 0 amide bonds. The van der Waals surface area contributed by atoms with E-state index in [0.717, 1.165) is 0 Å². The molecule has 0 rings (SSSR count). The Bertz CT molecular complexity index is 188. The lowest BCUT2D eigenvalue weighted by atomic mass is 10.2. The summed E-state index contributed by atoms with van der Waals surface area (Å²) < 4.78 is 85.8. The van der Waals surface area contributed by atoms with Gasteiger partial charge in [-0.1, -0.05) is 0 Å².